The van der Waals surface area contributed by atoms with Crippen molar-refractivity contribution in [2.24, 2.45) is 0 Å². The normalized spacial score (nSPS) is 10.5. The van der Waals surface area contributed by atoms with Crippen molar-refractivity contribution >= 4 is 22.9 Å². The van der Waals surface area contributed by atoms with Crippen LogP contribution in [0.5, 0.6) is 0 Å². The molecule has 0 amide bonds. The number of nitrogens with one attached hydrogen (secondary N) is 1. The van der Waals surface area contributed by atoms with E-state index in [1.54, 1.807) is 11.3 Å². The van der Waals surface area contributed by atoms with Gasteiger partial charge in [0, 0.05) is 4.88 Å². The molecule has 12 heavy (non-hydrogen) atoms. The molecule has 0 aliphatic heterocycles. The summed E-state index contributed by atoms with van der Waals surface area (Å²) in [5.41, 5.74) is 0. The fourth-order valence-electron chi connectivity index (χ4n) is 1.05. The molecule has 0 radical (unpaired) electrons. The molecule has 0 spiro atoms. The molecule has 1 aromatic rings. The Balaban J connectivity index is 2.15. The molecule has 0 unspecified atom stereocenters. The molecule has 1 N–H and O–H groups in total. The first-order valence-electron chi connectivity index (χ1n) is 4.28. The van der Waals surface area contributed by atoms with Crippen LogP contribution in [0.1, 0.15) is 18.2 Å². The summed E-state index contributed by atoms with van der Waals surface area (Å²) in [6, 6.07) is 4.08. The first kappa shape index (κ1) is 10.0. The molecule has 0 aliphatic carbocycles. The quantitative estimate of drug-likeness (QED) is 0.726. The first-order valence-corrected chi connectivity index (χ1v) is 5.47. The van der Waals surface area contributed by atoms with Gasteiger partial charge in [0.25, 0.3) is 0 Å². The average molecular weight is 204 g/mol. The zero-order valence-electron chi connectivity index (χ0n) is 7.27. The predicted molar refractivity (Wildman–Crippen MR) is 56.2 cm³/mol. The van der Waals surface area contributed by atoms with Crippen molar-refractivity contribution in [3.8, 4) is 0 Å². The summed E-state index contributed by atoms with van der Waals surface area (Å²) in [6.45, 7) is 4.29. The lowest BCUT2D eigenvalue weighted by molar-refractivity contribution is 0.675. The predicted octanol–water partition coefficient (Wildman–Crippen LogP) is 2.94. The van der Waals surface area contributed by atoms with Gasteiger partial charge < -0.3 is 5.32 Å². The third kappa shape index (κ3) is 3.57. The van der Waals surface area contributed by atoms with E-state index < -0.39 is 0 Å². The van der Waals surface area contributed by atoms with Gasteiger partial charge in [-0.2, -0.15) is 0 Å². The molecule has 1 heterocycles. The number of hydrogen-bond acceptors (Lipinski definition) is 2. The molecule has 68 valence electrons. The molecule has 0 bridgehead atoms. The summed E-state index contributed by atoms with van der Waals surface area (Å²) in [6.07, 6.45) is 2.34. The molecular weight excluding hydrogens is 190 g/mol. The van der Waals surface area contributed by atoms with Crippen LogP contribution in [0.3, 0.4) is 0 Å². The summed E-state index contributed by atoms with van der Waals surface area (Å²) < 4.78 is 0.897. The first-order chi connectivity index (χ1) is 5.83. The van der Waals surface area contributed by atoms with Gasteiger partial charge in [0.1, 0.15) is 0 Å². The molecule has 1 aromatic heterocycles. The minimum absolute atomic E-state index is 0.897. The topological polar surface area (TPSA) is 12.0 Å². The zero-order chi connectivity index (χ0) is 8.81. The fourth-order valence-corrected chi connectivity index (χ4v) is 2.18. The molecular formula is C9H14ClNS. The van der Waals surface area contributed by atoms with E-state index in [4.69, 9.17) is 11.6 Å². The number of rotatable bonds is 5. The maximum absolute atomic E-state index is 5.80. The van der Waals surface area contributed by atoms with Gasteiger partial charge in [-0.1, -0.05) is 18.5 Å². The Morgan fingerprint density at radius 3 is 2.92 bits per heavy atom. The van der Waals surface area contributed by atoms with Gasteiger partial charge in [-0.3, -0.25) is 0 Å². The van der Waals surface area contributed by atoms with E-state index in [0.717, 1.165) is 23.8 Å². The summed E-state index contributed by atoms with van der Waals surface area (Å²) in [4.78, 5) is 1.39. The van der Waals surface area contributed by atoms with Gasteiger partial charge in [-0.15, -0.1) is 11.3 Å². The highest BCUT2D eigenvalue weighted by molar-refractivity contribution is 7.16. The fraction of sp³-hybridized carbons (Fsp3) is 0.556. The van der Waals surface area contributed by atoms with Gasteiger partial charge in [-0.05, 0) is 38.1 Å². The Morgan fingerprint density at radius 1 is 1.50 bits per heavy atom. The van der Waals surface area contributed by atoms with Crippen LogP contribution in [0.4, 0.5) is 0 Å². The molecule has 3 heteroatoms. The van der Waals surface area contributed by atoms with E-state index in [9.17, 15) is 0 Å². The van der Waals surface area contributed by atoms with Crippen LogP contribution in [-0.4, -0.2) is 13.1 Å². The lowest BCUT2D eigenvalue weighted by atomic mass is 10.2. The van der Waals surface area contributed by atoms with E-state index in [1.165, 1.54) is 11.3 Å². The maximum Gasteiger partial charge on any atom is 0.0931 e. The second-order valence-corrected chi connectivity index (χ2v) is 4.46. The lowest BCUT2D eigenvalue weighted by Crippen LogP contribution is -2.14. The minimum Gasteiger partial charge on any atom is -0.317 e. The monoisotopic (exact) mass is 203 g/mol. The number of hydrogen-bond donors (Lipinski definition) is 1. The Labute approximate surface area is 82.7 Å². The molecule has 0 saturated heterocycles. The Kier molecular flexibility index (Phi) is 4.66. The molecule has 0 aliphatic rings. The standard InChI is InChI=1S/C9H14ClNS/c1-2-11-7-3-4-8-5-6-9(10)12-8/h5-6,11H,2-4,7H2,1H3. The highest BCUT2D eigenvalue weighted by Crippen LogP contribution is 2.22. The summed E-state index contributed by atoms with van der Waals surface area (Å²) >= 11 is 7.49. The van der Waals surface area contributed by atoms with Crippen molar-refractivity contribution in [1.82, 2.24) is 5.32 Å². The zero-order valence-corrected chi connectivity index (χ0v) is 8.84. The van der Waals surface area contributed by atoms with Crippen LogP contribution in [0.25, 0.3) is 0 Å². The molecule has 1 nitrogen and oxygen atoms in total. The number of thiophene rings is 1. The van der Waals surface area contributed by atoms with Crippen LogP contribution in [0.2, 0.25) is 4.34 Å². The van der Waals surface area contributed by atoms with Gasteiger partial charge in [-0.25, -0.2) is 0 Å². The van der Waals surface area contributed by atoms with Crippen molar-refractivity contribution in [2.75, 3.05) is 13.1 Å². The second kappa shape index (κ2) is 5.57. The minimum atomic E-state index is 0.897. The van der Waals surface area contributed by atoms with Crippen molar-refractivity contribution in [3.63, 3.8) is 0 Å². The van der Waals surface area contributed by atoms with E-state index in [2.05, 4.69) is 18.3 Å². The third-order valence-electron chi connectivity index (χ3n) is 1.66. The van der Waals surface area contributed by atoms with E-state index in [1.807, 2.05) is 6.07 Å². The van der Waals surface area contributed by atoms with Crippen molar-refractivity contribution in [2.45, 2.75) is 19.8 Å². The molecule has 0 atom stereocenters. The molecule has 0 aromatic carbocycles. The second-order valence-electron chi connectivity index (χ2n) is 2.66. The van der Waals surface area contributed by atoms with E-state index in [0.29, 0.717) is 0 Å². The van der Waals surface area contributed by atoms with Crippen molar-refractivity contribution in [1.29, 1.82) is 0 Å². The largest absolute Gasteiger partial charge is 0.317 e. The Morgan fingerprint density at radius 2 is 2.33 bits per heavy atom. The lowest BCUT2D eigenvalue weighted by Gasteiger charge is -1.98. The van der Waals surface area contributed by atoms with Gasteiger partial charge in [0.05, 0.1) is 4.34 Å². The van der Waals surface area contributed by atoms with Gasteiger partial charge >= 0.3 is 0 Å². The van der Waals surface area contributed by atoms with Crippen LogP contribution in [0.15, 0.2) is 12.1 Å². The highest BCUT2D eigenvalue weighted by Gasteiger charge is 1.96. The SMILES string of the molecule is CCNCCCc1ccc(Cl)s1. The average Bonchev–Trinajstić information content (AvgIpc) is 2.45. The van der Waals surface area contributed by atoms with Gasteiger partial charge in [0.2, 0.25) is 0 Å². The third-order valence-corrected chi connectivity index (χ3v) is 2.95. The highest BCUT2D eigenvalue weighted by atomic mass is 35.5. The molecule has 0 fully saturated rings. The van der Waals surface area contributed by atoms with Crippen molar-refractivity contribution in [3.05, 3.63) is 21.3 Å². The number of halogens is 1. The van der Waals surface area contributed by atoms with Crippen LogP contribution in [-0.2, 0) is 6.42 Å². The van der Waals surface area contributed by atoms with Crippen LogP contribution in [0, 0.1) is 0 Å². The van der Waals surface area contributed by atoms with Crippen LogP contribution >= 0.6 is 22.9 Å². The molecule has 0 saturated carbocycles. The Hall–Kier alpha value is -0.0500. The van der Waals surface area contributed by atoms with E-state index >= 15 is 0 Å². The summed E-state index contributed by atoms with van der Waals surface area (Å²) in [7, 11) is 0. The Bertz CT molecular complexity index is 222. The number of aryl methyl sites for hydroxylation is 1. The summed E-state index contributed by atoms with van der Waals surface area (Å²) in [5, 5.41) is 3.30. The van der Waals surface area contributed by atoms with E-state index in [-0.39, 0.29) is 0 Å². The smallest absolute Gasteiger partial charge is 0.0931 e. The maximum atomic E-state index is 5.80. The van der Waals surface area contributed by atoms with Crippen LogP contribution < -0.4 is 5.32 Å². The van der Waals surface area contributed by atoms with Gasteiger partial charge in [0.15, 0.2) is 0 Å². The molecule has 1 rings (SSSR count). The van der Waals surface area contributed by atoms with Crippen molar-refractivity contribution < 1.29 is 0 Å². The summed E-state index contributed by atoms with van der Waals surface area (Å²) in [5.74, 6) is 0.